The fourth-order valence-electron chi connectivity index (χ4n) is 1.49. The van der Waals surface area contributed by atoms with Gasteiger partial charge in [-0.3, -0.25) is 24.5 Å². The van der Waals surface area contributed by atoms with Gasteiger partial charge in [-0.25, -0.2) is 0 Å². The van der Waals surface area contributed by atoms with Crippen molar-refractivity contribution in [3.05, 3.63) is 50.6 Å². The van der Waals surface area contributed by atoms with Gasteiger partial charge in [0, 0.05) is 0 Å². The monoisotopic (exact) mass is 356 g/mol. The molecule has 0 fully saturated rings. The molecule has 0 atom stereocenters. The molecule has 1 aromatic rings. The van der Waals surface area contributed by atoms with Crippen LogP contribution in [0, 0.1) is 0 Å². The molecule has 0 aromatic carbocycles. The fourth-order valence-corrected chi connectivity index (χ4v) is 1.49. The van der Waals surface area contributed by atoms with Crippen LogP contribution < -0.4 is 21.3 Å². The van der Waals surface area contributed by atoms with Crippen molar-refractivity contribution in [1.29, 1.82) is 0 Å². The predicted octanol–water partition coefficient (Wildman–Crippen LogP) is 0.975. The van der Waals surface area contributed by atoms with Gasteiger partial charge < -0.3 is 16.0 Å². The lowest BCUT2D eigenvalue weighted by molar-refractivity contribution is -0.112. The molecule has 0 saturated carbocycles. The Kier molecular flexibility index (Phi) is 7.12. The molecule has 0 bridgehead atoms. The first kappa shape index (κ1) is 20.0. The maximum Gasteiger partial charge on any atom is 0.250 e. The SMILES string of the molecule is C=CC(=O)Nc1nc(NC(=O)C=C)c(NC(=O)C=C)c(NC(=O)C=C)n1. The molecular weight excluding hydrogens is 340 g/mol. The zero-order valence-corrected chi connectivity index (χ0v) is 13.7. The van der Waals surface area contributed by atoms with E-state index in [4.69, 9.17) is 0 Å². The quantitative estimate of drug-likeness (QED) is 0.511. The van der Waals surface area contributed by atoms with Gasteiger partial charge >= 0.3 is 0 Å². The Hall–Kier alpha value is -4.08. The van der Waals surface area contributed by atoms with E-state index < -0.39 is 23.6 Å². The standard InChI is InChI=1S/C16H16N6O4/c1-5-9(23)17-13-14(18-10(24)6-2)21-16(20-12(26)8-4)22-15(13)19-11(25)7-3/h5-8H,1-4H2,(H,17,23)(H3,18,19,20,21,22,24,25,26). The number of rotatable bonds is 8. The first-order valence-electron chi connectivity index (χ1n) is 7.00. The van der Waals surface area contributed by atoms with Gasteiger partial charge in [-0.05, 0) is 24.3 Å². The van der Waals surface area contributed by atoms with Crippen molar-refractivity contribution in [3.8, 4) is 0 Å². The molecule has 1 heterocycles. The topological polar surface area (TPSA) is 142 Å². The number of aromatic nitrogens is 2. The third-order valence-corrected chi connectivity index (χ3v) is 2.62. The summed E-state index contributed by atoms with van der Waals surface area (Å²) >= 11 is 0. The van der Waals surface area contributed by atoms with Crippen LogP contribution in [0.25, 0.3) is 0 Å². The molecule has 1 rings (SSSR count). The fraction of sp³-hybridized carbons (Fsp3) is 0. The Balaban J connectivity index is 3.54. The van der Waals surface area contributed by atoms with E-state index in [-0.39, 0.29) is 23.3 Å². The van der Waals surface area contributed by atoms with Crippen LogP contribution in [0.2, 0.25) is 0 Å². The molecule has 0 radical (unpaired) electrons. The largest absolute Gasteiger partial charge is 0.316 e. The number of nitrogens with zero attached hydrogens (tertiary/aromatic N) is 2. The highest BCUT2D eigenvalue weighted by Crippen LogP contribution is 2.29. The van der Waals surface area contributed by atoms with Crippen LogP contribution in [-0.2, 0) is 19.2 Å². The predicted molar refractivity (Wildman–Crippen MR) is 97.3 cm³/mol. The Labute approximate surface area is 148 Å². The van der Waals surface area contributed by atoms with Crippen LogP contribution in [0.1, 0.15) is 0 Å². The lowest BCUT2D eigenvalue weighted by Crippen LogP contribution is -2.21. The minimum atomic E-state index is -0.653. The number of carbonyl (C=O) groups excluding carboxylic acids is 4. The van der Waals surface area contributed by atoms with Crippen LogP contribution in [0.15, 0.2) is 50.6 Å². The number of carbonyl (C=O) groups is 4. The Bertz CT molecular complexity index is 772. The molecule has 0 aliphatic rings. The van der Waals surface area contributed by atoms with E-state index in [2.05, 4.69) is 57.6 Å². The molecule has 134 valence electrons. The summed E-state index contributed by atoms with van der Waals surface area (Å²) in [6.45, 7) is 13.2. The number of hydrogen-bond acceptors (Lipinski definition) is 6. The van der Waals surface area contributed by atoms with Crippen molar-refractivity contribution in [2.75, 3.05) is 21.3 Å². The zero-order chi connectivity index (χ0) is 19.7. The normalized spacial score (nSPS) is 9.23. The first-order valence-corrected chi connectivity index (χ1v) is 7.00. The Morgan fingerprint density at radius 3 is 1.35 bits per heavy atom. The minimum Gasteiger partial charge on any atom is -0.316 e. The molecule has 10 heteroatoms. The van der Waals surface area contributed by atoms with Crippen molar-refractivity contribution >= 4 is 46.9 Å². The summed E-state index contributed by atoms with van der Waals surface area (Å²) in [5.74, 6) is -3.24. The van der Waals surface area contributed by atoms with Gasteiger partial charge in [-0.1, -0.05) is 26.3 Å². The smallest absolute Gasteiger partial charge is 0.250 e. The third-order valence-electron chi connectivity index (χ3n) is 2.62. The average molecular weight is 356 g/mol. The van der Waals surface area contributed by atoms with E-state index >= 15 is 0 Å². The highest BCUT2D eigenvalue weighted by molar-refractivity contribution is 6.10. The van der Waals surface area contributed by atoms with Crippen LogP contribution in [-0.4, -0.2) is 33.6 Å². The Morgan fingerprint density at radius 2 is 0.962 bits per heavy atom. The Morgan fingerprint density at radius 1 is 0.615 bits per heavy atom. The van der Waals surface area contributed by atoms with Gasteiger partial charge in [0.15, 0.2) is 11.6 Å². The molecule has 0 unspecified atom stereocenters. The van der Waals surface area contributed by atoms with Crippen LogP contribution in [0.3, 0.4) is 0 Å². The lowest BCUT2D eigenvalue weighted by atomic mass is 10.3. The van der Waals surface area contributed by atoms with Crippen molar-refractivity contribution in [2.45, 2.75) is 0 Å². The molecule has 0 saturated heterocycles. The molecule has 4 amide bonds. The summed E-state index contributed by atoms with van der Waals surface area (Å²) in [7, 11) is 0. The first-order chi connectivity index (χ1) is 12.3. The summed E-state index contributed by atoms with van der Waals surface area (Å²) in [6.07, 6.45) is 3.86. The van der Waals surface area contributed by atoms with E-state index in [0.29, 0.717) is 0 Å². The molecule has 10 nitrogen and oxygen atoms in total. The zero-order valence-electron chi connectivity index (χ0n) is 13.7. The molecule has 0 spiro atoms. The summed E-state index contributed by atoms with van der Waals surface area (Å²) < 4.78 is 0. The number of nitrogens with one attached hydrogen (secondary N) is 4. The van der Waals surface area contributed by atoms with Gasteiger partial charge in [-0.2, -0.15) is 9.97 Å². The van der Waals surface area contributed by atoms with E-state index in [1.54, 1.807) is 0 Å². The molecule has 0 aliphatic heterocycles. The van der Waals surface area contributed by atoms with Crippen LogP contribution in [0.5, 0.6) is 0 Å². The van der Waals surface area contributed by atoms with E-state index in [1.165, 1.54) is 0 Å². The summed E-state index contributed by atoms with van der Waals surface area (Å²) in [5, 5.41) is 9.34. The lowest BCUT2D eigenvalue weighted by Gasteiger charge is -2.15. The van der Waals surface area contributed by atoms with Crippen LogP contribution >= 0.6 is 0 Å². The molecule has 0 aliphatic carbocycles. The summed E-state index contributed by atoms with van der Waals surface area (Å²) in [4.78, 5) is 54.3. The molecular formula is C16H16N6O4. The van der Waals surface area contributed by atoms with Crippen molar-refractivity contribution in [3.63, 3.8) is 0 Å². The highest BCUT2D eigenvalue weighted by atomic mass is 16.2. The van der Waals surface area contributed by atoms with E-state index in [9.17, 15) is 19.2 Å². The number of hydrogen-bond donors (Lipinski definition) is 4. The second-order valence-electron chi connectivity index (χ2n) is 4.39. The van der Waals surface area contributed by atoms with Gasteiger partial charge in [-0.15, -0.1) is 0 Å². The third kappa shape index (κ3) is 5.53. The van der Waals surface area contributed by atoms with Crippen LogP contribution in [0.4, 0.5) is 23.3 Å². The van der Waals surface area contributed by atoms with Gasteiger partial charge in [0.05, 0.1) is 0 Å². The van der Waals surface area contributed by atoms with Crippen molar-refractivity contribution in [1.82, 2.24) is 9.97 Å². The maximum atomic E-state index is 11.7. The summed E-state index contributed by atoms with van der Waals surface area (Å²) in [6, 6.07) is 0. The van der Waals surface area contributed by atoms with E-state index in [1.807, 2.05) is 0 Å². The summed E-state index contributed by atoms with van der Waals surface area (Å²) in [5.41, 5.74) is -0.128. The van der Waals surface area contributed by atoms with Gasteiger partial charge in [0.2, 0.25) is 29.6 Å². The minimum absolute atomic E-state index is 0.128. The maximum absolute atomic E-state index is 11.7. The second-order valence-corrected chi connectivity index (χ2v) is 4.39. The molecule has 4 N–H and O–H groups in total. The van der Waals surface area contributed by atoms with Gasteiger partial charge in [0.1, 0.15) is 5.69 Å². The second kappa shape index (κ2) is 9.27. The van der Waals surface area contributed by atoms with E-state index in [0.717, 1.165) is 24.3 Å². The van der Waals surface area contributed by atoms with Crippen molar-refractivity contribution in [2.24, 2.45) is 0 Å². The van der Waals surface area contributed by atoms with Gasteiger partial charge in [0.25, 0.3) is 0 Å². The number of anilines is 4. The highest BCUT2D eigenvalue weighted by Gasteiger charge is 2.19. The number of amides is 4. The molecule has 26 heavy (non-hydrogen) atoms. The van der Waals surface area contributed by atoms with Crippen molar-refractivity contribution < 1.29 is 19.2 Å². The molecule has 1 aromatic heterocycles. The average Bonchev–Trinajstić information content (AvgIpc) is 2.63.